The number of sulfone groups is 1. The van der Waals surface area contributed by atoms with Crippen molar-refractivity contribution in [3.8, 4) is 0 Å². The summed E-state index contributed by atoms with van der Waals surface area (Å²) in [7, 11) is -7.51. The van der Waals surface area contributed by atoms with Crippen molar-refractivity contribution >= 4 is 19.9 Å². The van der Waals surface area contributed by atoms with Gasteiger partial charge in [0.15, 0.2) is 9.84 Å². The summed E-state index contributed by atoms with van der Waals surface area (Å²) in [6.07, 6.45) is -1.25. The fraction of sp³-hybridized carbons (Fsp3) is 0.368. The normalized spacial score (nSPS) is 22.2. The minimum absolute atomic E-state index is 0.00615. The van der Waals surface area contributed by atoms with Crippen LogP contribution in [0.5, 0.6) is 0 Å². The molecule has 0 aliphatic carbocycles. The van der Waals surface area contributed by atoms with Gasteiger partial charge in [-0.2, -0.15) is 4.31 Å². The molecule has 146 valence electrons. The molecule has 1 aliphatic rings. The van der Waals surface area contributed by atoms with Crippen molar-refractivity contribution in [2.45, 2.75) is 37.4 Å². The molecule has 2 atom stereocenters. The summed E-state index contributed by atoms with van der Waals surface area (Å²) in [5, 5.41) is 10.3. The second kappa shape index (κ2) is 7.35. The molecule has 1 fully saturated rings. The summed E-state index contributed by atoms with van der Waals surface area (Å²) in [4.78, 5) is 0.134. The number of aliphatic hydroxyl groups excluding tert-OH is 1. The summed E-state index contributed by atoms with van der Waals surface area (Å²) in [6.45, 7) is 3.50. The van der Waals surface area contributed by atoms with Crippen molar-refractivity contribution < 1.29 is 21.9 Å². The van der Waals surface area contributed by atoms with E-state index in [-0.39, 0.29) is 17.2 Å². The topological polar surface area (TPSA) is 91.8 Å². The third kappa shape index (κ3) is 4.24. The highest BCUT2D eigenvalue weighted by Gasteiger charge is 2.45. The third-order valence-electron chi connectivity index (χ3n) is 4.77. The molecule has 8 heteroatoms. The highest BCUT2D eigenvalue weighted by molar-refractivity contribution is 7.92. The molecule has 0 aromatic heterocycles. The number of aliphatic hydroxyl groups is 1. The Morgan fingerprint density at radius 2 is 1.74 bits per heavy atom. The summed E-state index contributed by atoms with van der Waals surface area (Å²) < 4.78 is 52.1. The van der Waals surface area contributed by atoms with Gasteiger partial charge in [-0.25, -0.2) is 16.8 Å². The van der Waals surface area contributed by atoms with E-state index < -0.39 is 37.8 Å². The zero-order valence-electron chi connectivity index (χ0n) is 15.2. The van der Waals surface area contributed by atoms with E-state index in [2.05, 4.69) is 0 Å². The second-order valence-electron chi connectivity index (χ2n) is 7.02. The largest absolute Gasteiger partial charge is 0.390 e. The van der Waals surface area contributed by atoms with Crippen molar-refractivity contribution in [1.29, 1.82) is 0 Å². The van der Waals surface area contributed by atoms with Gasteiger partial charge in [0.05, 0.1) is 28.5 Å². The fourth-order valence-electron chi connectivity index (χ4n) is 3.34. The SMILES string of the molecule is Cc1ccc(C)c(S(=O)(=O)N(Cc2ccccc2)[C@@H]2CS(=O)(=O)C[C@@H]2O)c1. The molecule has 3 rings (SSSR count). The van der Waals surface area contributed by atoms with E-state index in [0.717, 1.165) is 15.4 Å². The lowest BCUT2D eigenvalue weighted by Crippen LogP contribution is -2.46. The molecule has 1 aliphatic heterocycles. The molecular formula is C19H23NO5S2. The Kier molecular flexibility index (Phi) is 5.45. The Morgan fingerprint density at radius 1 is 1.07 bits per heavy atom. The van der Waals surface area contributed by atoms with Crippen LogP contribution in [-0.4, -0.2) is 49.9 Å². The predicted octanol–water partition coefficient (Wildman–Crippen LogP) is 1.65. The Morgan fingerprint density at radius 3 is 2.33 bits per heavy atom. The average molecular weight is 410 g/mol. The Labute approximate surface area is 160 Å². The van der Waals surface area contributed by atoms with Gasteiger partial charge in [0.25, 0.3) is 0 Å². The summed E-state index contributed by atoms with van der Waals surface area (Å²) in [5.74, 6) is -0.809. The number of rotatable bonds is 5. The first-order chi connectivity index (χ1) is 12.6. The molecule has 1 saturated heterocycles. The van der Waals surface area contributed by atoms with Crippen LogP contribution >= 0.6 is 0 Å². The van der Waals surface area contributed by atoms with Gasteiger partial charge in [0, 0.05) is 6.54 Å². The molecule has 2 aromatic rings. The minimum atomic E-state index is -4.01. The van der Waals surface area contributed by atoms with Crippen LogP contribution in [0.15, 0.2) is 53.4 Å². The molecule has 0 spiro atoms. The molecule has 0 saturated carbocycles. The van der Waals surface area contributed by atoms with Gasteiger partial charge in [0.1, 0.15) is 0 Å². The molecule has 2 aromatic carbocycles. The first-order valence-corrected chi connectivity index (χ1v) is 11.9. The van der Waals surface area contributed by atoms with E-state index >= 15 is 0 Å². The number of sulfonamides is 1. The molecule has 1 heterocycles. The van der Waals surface area contributed by atoms with Gasteiger partial charge in [-0.05, 0) is 36.6 Å². The van der Waals surface area contributed by atoms with Crippen LogP contribution in [0.1, 0.15) is 16.7 Å². The average Bonchev–Trinajstić information content (AvgIpc) is 2.87. The second-order valence-corrected chi connectivity index (χ2v) is 11.0. The highest BCUT2D eigenvalue weighted by atomic mass is 32.2. The number of nitrogens with zero attached hydrogens (tertiary/aromatic N) is 1. The Hall–Kier alpha value is -1.74. The molecule has 27 heavy (non-hydrogen) atoms. The highest BCUT2D eigenvalue weighted by Crippen LogP contribution is 2.29. The standard InChI is InChI=1S/C19H23NO5S2/c1-14-8-9-15(2)19(10-14)27(24,25)20(11-16-6-4-3-5-7-16)17-12-26(22,23)13-18(17)21/h3-10,17-18,21H,11-13H2,1-2H3/t17-,18+/m1/s1. The van der Waals surface area contributed by atoms with Gasteiger partial charge < -0.3 is 5.11 Å². The van der Waals surface area contributed by atoms with E-state index in [1.165, 1.54) is 0 Å². The monoisotopic (exact) mass is 409 g/mol. The molecule has 0 amide bonds. The van der Waals surface area contributed by atoms with Gasteiger partial charge in [-0.3, -0.25) is 0 Å². The predicted molar refractivity (Wildman–Crippen MR) is 104 cm³/mol. The summed E-state index contributed by atoms with van der Waals surface area (Å²) >= 11 is 0. The van der Waals surface area contributed by atoms with E-state index in [1.54, 1.807) is 50.2 Å². The number of aryl methyl sites for hydroxylation is 2. The van der Waals surface area contributed by atoms with E-state index in [0.29, 0.717) is 5.56 Å². The van der Waals surface area contributed by atoms with E-state index in [4.69, 9.17) is 0 Å². The van der Waals surface area contributed by atoms with Crippen LogP contribution in [0.25, 0.3) is 0 Å². The first kappa shape index (κ1) is 20.0. The van der Waals surface area contributed by atoms with Crippen LogP contribution in [0.2, 0.25) is 0 Å². The van der Waals surface area contributed by atoms with E-state index in [1.807, 2.05) is 12.1 Å². The van der Waals surface area contributed by atoms with Crippen LogP contribution in [0, 0.1) is 13.8 Å². The maximum absolute atomic E-state index is 13.5. The zero-order valence-corrected chi connectivity index (χ0v) is 16.9. The number of hydrogen-bond donors (Lipinski definition) is 1. The first-order valence-electron chi connectivity index (χ1n) is 8.62. The summed E-state index contributed by atoms with van der Waals surface area (Å²) in [6, 6.07) is 13.1. The maximum Gasteiger partial charge on any atom is 0.244 e. The molecule has 0 bridgehead atoms. The fourth-order valence-corrected chi connectivity index (χ4v) is 7.19. The molecule has 1 N–H and O–H groups in total. The smallest absolute Gasteiger partial charge is 0.244 e. The van der Waals surface area contributed by atoms with Gasteiger partial charge in [0.2, 0.25) is 10.0 Å². The van der Waals surface area contributed by atoms with E-state index in [9.17, 15) is 21.9 Å². The Bertz CT molecular complexity index is 1030. The van der Waals surface area contributed by atoms with Crippen molar-refractivity contribution in [2.24, 2.45) is 0 Å². The van der Waals surface area contributed by atoms with Crippen LogP contribution in [0.3, 0.4) is 0 Å². The summed E-state index contributed by atoms with van der Waals surface area (Å²) in [5.41, 5.74) is 2.09. The van der Waals surface area contributed by atoms with Crippen LogP contribution in [-0.2, 0) is 26.4 Å². The zero-order chi connectivity index (χ0) is 19.8. The van der Waals surface area contributed by atoms with Gasteiger partial charge >= 0.3 is 0 Å². The minimum Gasteiger partial charge on any atom is -0.390 e. The number of hydrogen-bond acceptors (Lipinski definition) is 5. The molecule has 0 unspecified atom stereocenters. The quantitative estimate of drug-likeness (QED) is 0.811. The molecule has 6 nitrogen and oxygen atoms in total. The van der Waals surface area contributed by atoms with Crippen molar-refractivity contribution in [2.75, 3.05) is 11.5 Å². The van der Waals surface area contributed by atoms with Gasteiger partial charge in [-0.15, -0.1) is 0 Å². The lowest BCUT2D eigenvalue weighted by Gasteiger charge is -2.30. The number of benzene rings is 2. The van der Waals surface area contributed by atoms with Crippen molar-refractivity contribution in [1.82, 2.24) is 4.31 Å². The maximum atomic E-state index is 13.5. The third-order valence-corrected chi connectivity index (χ3v) is 8.49. The van der Waals surface area contributed by atoms with Crippen molar-refractivity contribution in [3.05, 3.63) is 65.2 Å². The van der Waals surface area contributed by atoms with Crippen molar-refractivity contribution in [3.63, 3.8) is 0 Å². The lowest BCUT2D eigenvalue weighted by atomic mass is 10.2. The Balaban J connectivity index is 2.10. The lowest BCUT2D eigenvalue weighted by molar-refractivity contribution is 0.125. The van der Waals surface area contributed by atoms with Gasteiger partial charge in [-0.1, -0.05) is 42.5 Å². The van der Waals surface area contributed by atoms with Crippen LogP contribution < -0.4 is 0 Å². The molecule has 0 radical (unpaired) electrons. The molecular weight excluding hydrogens is 386 g/mol. The van der Waals surface area contributed by atoms with Crippen LogP contribution in [0.4, 0.5) is 0 Å².